The molecule has 2 heterocycles. The molecule has 4 aromatic rings. The van der Waals surface area contributed by atoms with Gasteiger partial charge in [-0.1, -0.05) is 36.4 Å². The number of aromatic nitrogens is 2. The average molecular weight is 349 g/mol. The molecule has 0 amide bonds. The highest BCUT2D eigenvalue weighted by molar-refractivity contribution is 6.38. The highest BCUT2D eigenvalue weighted by Gasteiger charge is 2.15. The van der Waals surface area contributed by atoms with E-state index in [2.05, 4.69) is 41.9 Å². The molecule has 0 fully saturated rings. The number of pyridine rings is 1. The summed E-state index contributed by atoms with van der Waals surface area (Å²) in [5.74, 6) is 0.843. The third-order valence-electron chi connectivity index (χ3n) is 4.40. The molecule has 124 valence electrons. The molecule has 2 aromatic heterocycles. The first-order valence-corrected chi connectivity index (χ1v) is 8.37. The van der Waals surface area contributed by atoms with Gasteiger partial charge in [-0.05, 0) is 48.4 Å². The summed E-state index contributed by atoms with van der Waals surface area (Å²) < 4.78 is 7.29. The van der Waals surface area contributed by atoms with E-state index in [0.717, 1.165) is 44.5 Å². The second-order valence-corrected chi connectivity index (χ2v) is 6.43. The number of hydrogen-bond acceptors (Lipinski definition) is 2. The number of ether oxygens (including phenoxy) is 1. The molecule has 0 unspecified atom stereocenters. The number of methoxy groups -OCH3 is 1. The van der Waals surface area contributed by atoms with E-state index in [9.17, 15) is 0 Å². The van der Waals surface area contributed by atoms with Crippen LogP contribution in [0, 0.1) is 0 Å². The van der Waals surface area contributed by atoms with Crippen molar-refractivity contribution in [2.24, 2.45) is 0 Å². The van der Waals surface area contributed by atoms with E-state index in [1.165, 1.54) is 0 Å². The molecule has 0 aliphatic heterocycles. The Morgan fingerprint density at radius 2 is 1.80 bits per heavy atom. The summed E-state index contributed by atoms with van der Waals surface area (Å²) in [4.78, 5) is 4.53. The molecule has 0 saturated carbocycles. The third kappa shape index (κ3) is 2.48. The minimum atomic E-state index is 0.696. The Balaban J connectivity index is 2.02. The van der Waals surface area contributed by atoms with E-state index in [0.29, 0.717) is 5.02 Å². The molecule has 4 heteroatoms. The molecule has 25 heavy (non-hydrogen) atoms. The Bertz CT molecular complexity index is 1110. The van der Waals surface area contributed by atoms with Gasteiger partial charge in [-0.15, -0.1) is 0 Å². The minimum Gasteiger partial charge on any atom is -0.497 e. The van der Waals surface area contributed by atoms with Crippen LogP contribution in [0.4, 0.5) is 0 Å². The predicted octanol–water partition coefficient (Wildman–Crippen LogP) is 6.01. The SMILES string of the molecule is C=C(C)n1c2ccc(-c3ccc(OC)cc3)cc2c2c(Cl)ccnc21. The highest BCUT2D eigenvalue weighted by atomic mass is 35.5. The van der Waals surface area contributed by atoms with Gasteiger partial charge in [0.1, 0.15) is 11.4 Å². The van der Waals surface area contributed by atoms with Crippen molar-refractivity contribution >= 4 is 39.2 Å². The van der Waals surface area contributed by atoms with Crippen LogP contribution in [-0.2, 0) is 0 Å². The van der Waals surface area contributed by atoms with E-state index < -0.39 is 0 Å². The second-order valence-electron chi connectivity index (χ2n) is 6.02. The van der Waals surface area contributed by atoms with E-state index in [1.807, 2.05) is 29.7 Å². The molecule has 0 aliphatic carbocycles. The molecule has 0 radical (unpaired) electrons. The van der Waals surface area contributed by atoms with Gasteiger partial charge in [0, 0.05) is 22.7 Å². The zero-order valence-corrected chi connectivity index (χ0v) is 14.8. The first-order valence-electron chi connectivity index (χ1n) is 7.99. The standard InChI is InChI=1S/C21H17ClN2O/c1-13(2)24-19-9-6-15(14-4-7-16(25-3)8-5-14)12-17(19)20-18(22)10-11-23-21(20)24/h4-12H,1H2,2-3H3. The maximum Gasteiger partial charge on any atom is 0.146 e. The lowest BCUT2D eigenvalue weighted by atomic mass is 10.0. The Morgan fingerprint density at radius 1 is 1.08 bits per heavy atom. The van der Waals surface area contributed by atoms with Gasteiger partial charge >= 0.3 is 0 Å². The number of benzene rings is 2. The zero-order valence-electron chi connectivity index (χ0n) is 14.1. The van der Waals surface area contributed by atoms with Gasteiger partial charge in [-0.25, -0.2) is 4.98 Å². The molecule has 0 bridgehead atoms. The van der Waals surface area contributed by atoms with E-state index in [4.69, 9.17) is 16.3 Å². The molecule has 2 aromatic carbocycles. The van der Waals surface area contributed by atoms with E-state index >= 15 is 0 Å². The van der Waals surface area contributed by atoms with Gasteiger partial charge in [0.2, 0.25) is 0 Å². The molecular formula is C21H17ClN2O. The van der Waals surface area contributed by atoms with Gasteiger partial charge in [0.15, 0.2) is 0 Å². The van der Waals surface area contributed by atoms with Crippen LogP contribution in [0.15, 0.2) is 61.3 Å². The second kappa shape index (κ2) is 5.94. The fourth-order valence-electron chi connectivity index (χ4n) is 3.24. The number of rotatable bonds is 3. The Morgan fingerprint density at radius 3 is 2.48 bits per heavy atom. The number of halogens is 1. The van der Waals surface area contributed by atoms with E-state index in [-0.39, 0.29) is 0 Å². The normalized spacial score (nSPS) is 11.2. The van der Waals surface area contributed by atoms with Crippen LogP contribution in [0.3, 0.4) is 0 Å². The lowest BCUT2D eigenvalue weighted by Gasteiger charge is -2.07. The van der Waals surface area contributed by atoms with Crippen LogP contribution >= 0.6 is 11.6 Å². The van der Waals surface area contributed by atoms with Crippen molar-refractivity contribution in [1.29, 1.82) is 0 Å². The number of allylic oxidation sites excluding steroid dienone is 1. The lowest BCUT2D eigenvalue weighted by Crippen LogP contribution is -1.93. The monoisotopic (exact) mass is 348 g/mol. The van der Waals surface area contributed by atoms with E-state index in [1.54, 1.807) is 13.3 Å². The van der Waals surface area contributed by atoms with Crippen molar-refractivity contribution in [1.82, 2.24) is 9.55 Å². The molecule has 0 atom stereocenters. The fourth-order valence-corrected chi connectivity index (χ4v) is 3.48. The predicted molar refractivity (Wildman–Crippen MR) is 105 cm³/mol. The quantitative estimate of drug-likeness (QED) is 0.453. The van der Waals surface area contributed by atoms with Gasteiger partial charge in [-0.3, -0.25) is 4.57 Å². The van der Waals surface area contributed by atoms with Crippen molar-refractivity contribution in [3.63, 3.8) is 0 Å². The molecule has 0 spiro atoms. The summed E-state index contributed by atoms with van der Waals surface area (Å²) in [6, 6.07) is 16.2. The van der Waals surface area contributed by atoms with Gasteiger partial charge in [-0.2, -0.15) is 0 Å². The van der Waals surface area contributed by atoms with Crippen molar-refractivity contribution < 1.29 is 4.74 Å². The molecule has 4 rings (SSSR count). The van der Waals surface area contributed by atoms with Crippen LogP contribution in [0.25, 0.3) is 38.8 Å². The van der Waals surface area contributed by atoms with Crippen LogP contribution in [0.2, 0.25) is 5.02 Å². The third-order valence-corrected chi connectivity index (χ3v) is 4.72. The summed E-state index contributed by atoms with van der Waals surface area (Å²) in [5, 5.41) is 2.73. The summed E-state index contributed by atoms with van der Waals surface area (Å²) in [5.41, 5.74) is 5.05. The molecule has 3 nitrogen and oxygen atoms in total. The Hall–Kier alpha value is -2.78. The Kier molecular flexibility index (Phi) is 3.74. The van der Waals surface area contributed by atoms with Crippen molar-refractivity contribution in [2.75, 3.05) is 7.11 Å². The summed E-state index contributed by atoms with van der Waals surface area (Å²) in [6.07, 6.45) is 1.73. The first-order chi connectivity index (χ1) is 12.1. The van der Waals surface area contributed by atoms with Crippen molar-refractivity contribution in [3.05, 3.63) is 66.3 Å². The Labute approximate surface area is 151 Å². The van der Waals surface area contributed by atoms with Gasteiger partial charge < -0.3 is 4.74 Å². The fraction of sp³-hybridized carbons (Fsp3) is 0.0952. The number of hydrogen-bond donors (Lipinski definition) is 0. The van der Waals surface area contributed by atoms with Crippen LogP contribution in [-0.4, -0.2) is 16.7 Å². The molecule has 0 saturated heterocycles. The lowest BCUT2D eigenvalue weighted by molar-refractivity contribution is 0.415. The van der Waals surface area contributed by atoms with Crippen LogP contribution in [0.5, 0.6) is 5.75 Å². The molecule has 0 aliphatic rings. The van der Waals surface area contributed by atoms with Gasteiger partial charge in [0.25, 0.3) is 0 Å². The number of nitrogens with zero attached hydrogens (tertiary/aromatic N) is 2. The van der Waals surface area contributed by atoms with Crippen molar-refractivity contribution in [3.8, 4) is 16.9 Å². The topological polar surface area (TPSA) is 27.1 Å². The molecular weight excluding hydrogens is 332 g/mol. The first kappa shape index (κ1) is 15.7. The minimum absolute atomic E-state index is 0.696. The zero-order chi connectivity index (χ0) is 17.6. The maximum atomic E-state index is 6.49. The summed E-state index contributed by atoms with van der Waals surface area (Å²) in [6.45, 7) is 6.06. The van der Waals surface area contributed by atoms with Gasteiger partial charge in [0.05, 0.1) is 17.6 Å². The van der Waals surface area contributed by atoms with Crippen LogP contribution in [0.1, 0.15) is 6.92 Å². The smallest absolute Gasteiger partial charge is 0.146 e. The summed E-state index contributed by atoms with van der Waals surface area (Å²) in [7, 11) is 1.67. The van der Waals surface area contributed by atoms with Crippen molar-refractivity contribution in [2.45, 2.75) is 6.92 Å². The number of fused-ring (bicyclic) bond motifs is 3. The largest absolute Gasteiger partial charge is 0.497 e. The average Bonchev–Trinajstić information content (AvgIpc) is 2.96. The highest BCUT2D eigenvalue weighted by Crippen LogP contribution is 2.36. The molecule has 0 N–H and O–H groups in total. The van der Waals surface area contributed by atoms with Crippen LogP contribution < -0.4 is 4.74 Å². The maximum absolute atomic E-state index is 6.49. The summed E-state index contributed by atoms with van der Waals surface area (Å²) >= 11 is 6.49.